The highest BCUT2D eigenvalue weighted by atomic mass is 35.5. The van der Waals surface area contributed by atoms with Gasteiger partial charge in [-0.3, -0.25) is 0 Å². The number of hydrogen-bond donors (Lipinski definition) is 0. The van der Waals surface area contributed by atoms with Gasteiger partial charge in [0.25, 0.3) is 0 Å². The molecular weight excluding hydrogens is 295 g/mol. The Morgan fingerprint density at radius 2 is 2.15 bits per heavy atom. The number of rotatable bonds is 2. The second-order valence-electron chi connectivity index (χ2n) is 4.73. The Morgan fingerprint density at radius 3 is 2.75 bits per heavy atom. The number of morpholine rings is 1. The van der Waals surface area contributed by atoms with Crippen molar-refractivity contribution in [2.75, 3.05) is 18.1 Å². The van der Waals surface area contributed by atoms with E-state index in [1.807, 2.05) is 13.8 Å². The van der Waals surface area contributed by atoms with Crippen molar-refractivity contribution in [2.24, 2.45) is 0 Å². The fourth-order valence-electron chi connectivity index (χ4n) is 2.14. The predicted octanol–water partition coefficient (Wildman–Crippen LogP) is 3.15. The number of aromatic nitrogens is 2. The van der Waals surface area contributed by atoms with Crippen LogP contribution in [0.3, 0.4) is 0 Å². The Kier molecular flexibility index (Phi) is 4.39. The Hall–Kier alpha value is -1.08. The van der Waals surface area contributed by atoms with E-state index in [0.717, 1.165) is 6.42 Å². The average Bonchev–Trinajstić information content (AvgIpc) is 2.37. The highest BCUT2D eigenvalue weighted by Crippen LogP contribution is 2.30. The van der Waals surface area contributed by atoms with Crippen molar-refractivity contribution in [3.05, 3.63) is 17.0 Å². The lowest BCUT2D eigenvalue weighted by molar-refractivity contribution is -0.144. The van der Waals surface area contributed by atoms with Gasteiger partial charge in [0, 0.05) is 12.6 Å². The molecule has 1 aliphatic rings. The van der Waals surface area contributed by atoms with E-state index < -0.39 is 12.0 Å². The van der Waals surface area contributed by atoms with Crippen molar-refractivity contribution in [3.8, 4) is 0 Å². The lowest BCUT2D eigenvalue weighted by Gasteiger charge is -2.39. The van der Waals surface area contributed by atoms with Crippen LogP contribution in [0, 0.1) is 0 Å². The van der Waals surface area contributed by atoms with Gasteiger partial charge >= 0.3 is 6.18 Å². The first-order valence-electron chi connectivity index (χ1n) is 6.31. The molecule has 2 atom stereocenters. The maximum atomic E-state index is 12.7. The van der Waals surface area contributed by atoms with Crippen molar-refractivity contribution in [1.82, 2.24) is 9.97 Å². The summed E-state index contributed by atoms with van der Waals surface area (Å²) in [4.78, 5) is 8.65. The van der Waals surface area contributed by atoms with Crippen molar-refractivity contribution < 1.29 is 17.9 Å². The molecule has 0 bridgehead atoms. The number of hydrogen-bond acceptors (Lipinski definition) is 4. The van der Waals surface area contributed by atoms with Crippen molar-refractivity contribution in [1.29, 1.82) is 0 Å². The van der Waals surface area contributed by atoms with Gasteiger partial charge in [0.05, 0.1) is 18.8 Å². The van der Waals surface area contributed by atoms with Crippen LogP contribution in [0.4, 0.5) is 19.0 Å². The quantitative estimate of drug-likeness (QED) is 0.787. The van der Waals surface area contributed by atoms with Crippen LogP contribution in [-0.2, 0) is 10.9 Å². The van der Waals surface area contributed by atoms with E-state index in [1.165, 1.54) is 6.07 Å². The minimum atomic E-state index is -4.61. The van der Waals surface area contributed by atoms with Crippen LogP contribution >= 0.6 is 11.6 Å². The smallest absolute Gasteiger partial charge is 0.375 e. The average molecular weight is 310 g/mol. The molecular formula is C12H15ClF3N3O. The van der Waals surface area contributed by atoms with Gasteiger partial charge in [-0.25, -0.2) is 9.97 Å². The zero-order valence-corrected chi connectivity index (χ0v) is 11.9. The maximum Gasteiger partial charge on any atom is 0.451 e. The van der Waals surface area contributed by atoms with E-state index in [1.54, 1.807) is 4.90 Å². The number of ether oxygens (including phenoxy) is 1. The van der Waals surface area contributed by atoms with Gasteiger partial charge in [-0.2, -0.15) is 13.2 Å². The van der Waals surface area contributed by atoms with E-state index in [4.69, 9.17) is 16.3 Å². The predicted molar refractivity (Wildman–Crippen MR) is 68.9 cm³/mol. The van der Waals surface area contributed by atoms with Crippen LogP contribution < -0.4 is 4.90 Å². The number of halogens is 4. The van der Waals surface area contributed by atoms with Crippen molar-refractivity contribution in [3.63, 3.8) is 0 Å². The van der Waals surface area contributed by atoms with E-state index in [2.05, 4.69) is 9.97 Å². The summed E-state index contributed by atoms with van der Waals surface area (Å²) in [6, 6.07) is 1.34. The summed E-state index contributed by atoms with van der Waals surface area (Å²) >= 11 is 5.69. The van der Waals surface area contributed by atoms with Crippen LogP contribution in [0.2, 0.25) is 5.15 Å². The van der Waals surface area contributed by atoms with Crippen LogP contribution in [0.1, 0.15) is 26.1 Å². The van der Waals surface area contributed by atoms with Gasteiger partial charge in [0.1, 0.15) is 11.0 Å². The highest BCUT2D eigenvalue weighted by molar-refractivity contribution is 6.29. The molecule has 0 radical (unpaired) electrons. The first kappa shape index (κ1) is 15.3. The zero-order valence-electron chi connectivity index (χ0n) is 11.1. The van der Waals surface area contributed by atoms with Gasteiger partial charge in [-0.1, -0.05) is 18.5 Å². The molecule has 20 heavy (non-hydrogen) atoms. The first-order valence-corrected chi connectivity index (χ1v) is 6.69. The zero-order chi connectivity index (χ0) is 14.9. The van der Waals surface area contributed by atoms with Crippen molar-refractivity contribution in [2.45, 2.75) is 38.6 Å². The molecule has 0 amide bonds. The highest BCUT2D eigenvalue weighted by Gasteiger charge is 2.36. The number of anilines is 1. The van der Waals surface area contributed by atoms with Crippen LogP contribution in [0.15, 0.2) is 6.07 Å². The van der Waals surface area contributed by atoms with Crippen LogP contribution in [0.25, 0.3) is 0 Å². The Morgan fingerprint density at radius 1 is 1.45 bits per heavy atom. The molecule has 1 aromatic heterocycles. The Balaban J connectivity index is 2.37. The third-order valence-corrected chi connectivity index (χ3v) is 3.36. The molecule has 2 heterocycles. The molecule has 1 aliphatic heterocycles. The Bertz CT molecular complexity index is 484. The molecule has 0 spiro atoms. The van der Waals surface area contributed by atoms with Gasteiger partial charge < -0.3 is 9.64 Å². The van der Waals surface area contributed by atoms with E-state index in [9.17, 15) is 13.2 Å². The molecule has 0 aromatic carbocycles. The SMILES string of the molecule is CCC1COC(C)CN1c1cc(Cl)nc(C(F)(F)F)n1. The molecule has 1 fully saturated rings. The standard InChI is InChI=1S/C12H15ClF3N3O/c1-3-8-6-20-7(2)5-19(8)10-4-9(13)17-11(18-10)12(14,15)16/h4,7-8H,3,5-6H2,1-2H3. The molecule has 1 saturated heterocycles. The van der Waals surface area contributed by atoms with E-state index in [-0.39, 0.29) is 23.1 Å². The minimum absolute atomic E-state index is 0.0155. The second-order valence-corrected chi connectivity index (χ2v) is 5.12. The monoisotopic (exact) mass is 309 g/mol. The number of alkyl halides is 3. The largest absolute Gasteiger partial charge is 0.451 e. The van der Waals surface area contributed by atoms with Crippen LogP contribution in [-0.4, -0.2) is 35.3 Å². The third-order valence-electron chi connectivity index (χ3n) is 3.17. The summed E-state index contributed by atoms with van der Waals surface area (Å²) in [6.07, 6.45) is -3.93. The summed E-state index contributed by atoms with van der Waals surface area (Å²) in [5, 5.41) is -0.212. The molecule has 0 N–H and O–H groups in total. The second kappa shape index (κ2) is 5.73. The molecule has 112 valence electrons. The van der Waals surface area contributed by atoms with Gasteiger partial charge in [0.2, 0.25) is 5.82 Å². The van der Waals surface area contributed by atoms with Gasteiger partial charge in [-0.15, -0.1) is 0 Å². The fraction of sp³-hybridized carbons (Fsp3) is 0.667. The summed E-state index contributed by atoms with van der Waals surface area (Å²) in [5.74, 6) is -1.02. The lowest BCUT2D eigenvalue weighted by atomic mass is 10.1. The van der Waals surface area contributed by atoms with Gasteiger partial charge in [-0.05, 0) is 13.3 Å². The molecule has 1 aromatic rings. The Labute approximate surface area is 119 Å². The summed E-state index contributed by atoms with van der Waals surface area (Å²) in [5.41, 5.74) is 0. The topological polar surface area (TPSA) is 38.2 Å². The summed E-state index contributed by atoms with van der Waals surface area (Å²) in [6.45, 7) is 4.75. The molecule has 2 unspecified atom stereocenters. The third kappa shape index (κ3) is 3.32. The van der Waals surface area contributed by atoms with Crippen molar-refractivity contribution >= 4 is 17.4 Å². The molecule has 4 nitrogen and oxygen atoms in total. The molecule has 0 aliphatic carbocycles. The summed E-state index contributed by atoms with van der Waals surface area (Å²) in [7, 11) is 0. The minimum Gasteiger partial charge on any atom is -0.375 e. The van der Waals surface area contributed by atoms with E-state index in [0.29, 0.717) is 13.2 Å². The molecule has 0 saturated carbocycles. The van der Waals surface area contributed by atoms with Gasteiger partial charge in [0.15, 0.2) is 0 Å². The van der Waals surface area contributed by atoms with Crippen LogP contribution in [0.5, 0.6) is 0 Å². The molecule has 8 heteroatoms. The first-order chi connectivity index (χ1) is 9.31. The molecule has 2 rings (SSSR count). The fourth-order valence-corrected chi connectivity index (χ4v) is 2.32. The number of nitrogens with zero attached hydrogens (tertiary/aromatic N) is 3. The normalized spacial score (nSPS) is 24.0. The maximum absolute atomic E-state index is 12.7. The lowest BCUT2D eigenvalue weighted by Crippen LogP contribution is -2.49. The van der Waals surface area contributed by atoms with E-state index >= 15 is 0 Å². The summed E-state index contributed by atoms with van der Waals surface area (Å²) < 4.78 is 43.8.